The van der Waals surface area contributed by atoms with E-state index in [0.29, 0.717) is 0 Å². The summed E-state index contributed by atoms with van der Waals surface area (Å²) in [5.74, 6) is 0.760. The topological polar surface area (TPSA) is 78.8 Å². The van der Waals surface area contributed by atoms with Gasteiger partial charge in [0.05, 0.1) is 0 Å². The molecule has 0 radical (unpaired) electrons. The lowest BCUT2D eigenvalue weighted by atomic mass is 10.2. The fourth-order valence-corrected chi connectivity index (χ4v) is 1.76. The lowest BCUT2D eigenvalue weighted by molar-refractivity contribution is 0.128. The second-order valence-corrected chi connectivity index (χ2v) is 4.31. The molecule has 0 saturated heterocycles. The second-order valence-electron chi connectivity index (χ2n) is 4.31. The Morgan fingerprint density at radius 2 is 2.00 bits per heavy atom. The highest BCUT2D eigenvalue weighted by Gasteiger charge is 2.08. The average Bonchev–Trinajstić information content (AvgIpc) is 2.88. The summed E-state index contributed by atoms with van der Waals surface area (Å²) < 4.78 is 7.24. The Morgan fingerprint density at radius 3 is 2.74 bits per heavy atom. The number of aromatic nitrogens is 4. The van der Waals surface area contributed by atoms with Crippen molar-refractivity contribution in [1.29, 1.82) is 0 Å². The first-order chi connectivity index (χ1) is 9.31. The normalized spacial score (nSPS) is 10.8. The van der Waals surface area contributed by atoms with Crippen molar-refractivity contribution in [2.45, 2.75) is 26.3 Å². The molecule has 0 aliphatic rings. The van der Waals surface area contributed by atoms with Crippen molar-refractivity contribution in [3.63, 3.8) is 0 Å². The Balaban J connectivity index is 1.96. The van der Waals surface area contributed by atoms with Gasteiger partial charge in [-0.3, -0.25) is 0 Å². The number of nitrogen functional groups attached to an aromatic ring is 1. The lowest BCUT2D eigenvalue weighted by Gasteiger charge is -2.05. The largest absolute Gasteiger partial charge is 0.399 e. The van der Waals surface area contributed by atoms with E-state index in [1.165, 1.54) is 0 Å². The fourth-order valence-electron chi connectivity index (χ4n) is 1.76. The van der Waals surface area contributed by atoms with Gasteiger partial charge in [0.15, 0.2) is 5.82 Å². The molecule has 0 unspecified atom stereocenters. The zero-order chi connectivity index (χ0) is 13.5. The summed E-state index contributed by atoms with van der Waals surface area (Å²) in [7, 11) is 0. The molecular weight excluding hydrogens is 242 g/mol. The van der Waals surface area contributed by atoms with Crippen LogP contribution >= 0.6 is 0 Å². The summed E-state index contributed by atoms with van der Waals surface area (Å²) in [5.41, 5.74) is 7.37. The van der Waals surface area contributed by atoms with E-state index in [2.05, 4.69) is 22.4 Å². The number of rotatable bonds is 7. The Hall–Kier alpha value is -1.95. The first kappa shape index (κ1) is 13.5. The summed E-state index contributed by atoms with van der Waals surface area (Å²) in [6, 6.07) is 7.54. The van der Waals surface area contributed by atoms with Gasteiger partial charge in [-0.05, 0) is 47.5 Å². The number of nitrogens with zero attached hydrogens (tertiary/aromatic N) is 4. The number of hydrogen-bond acceptors (Lipinski definition) is 5. The Morgan fingerprint density at radius 1 is 1.21 bits per heavy atom. The molecule has 0 aliphatic carbocycles. The number of hydrogen-bond donors (Lipinski definition) is 1. The van der Waals surface area contributed by atoms with Gasteiger partial charge >= 0.3 is 0 Å². The van der Waals surface area contributed by atoms with Crippen LogP contribution in [-0.4, -0.2) is 33.4 Å². The Labute approximate surface area is 112 Å². The highest BCUT2D eigenvalue weighted by molar-refractivity contribution is 5.58. The molecule has 0 amide bonds. The van der Waals surface area contributed by atoms with Crippen molar-refractivity contribution in [1.82, 2.24) is 20.2 Å². The highest BCUT2D eigenvalue weighted by atomic mass is 16.5. The van der Waals surface area contributed by atoms with Crippen LogP contribution in [0.5, 0.6) is 0 Å². The van der Waals surface area contributed by atoms with Gasteiger partial charge in [-0.25, -0.2) is 4.68 Å². The molecule has 1 aromatic carbocycles. The summed E-state index contributed by atoms with van der Waals surface area (Å²) in [6.45, 7) is 4.38. The second kappa shape index (κ2) is 6.84. The van der Waals surface area contributed by atoms with Gasteiger partial charge in [0, 0.05) is 31.0 Å². The van der Waals surface area contributed by atoms with E-state index in [9.17, 15) is 0 Å². The molecule has 6 heteroatoms. The predicted molar refractivity (Wildman–Crippen MR) is 73.4 cm³/mol. The predicted octanol–water partition coefficient (Wildman–Crippen LogP) is 1.74. The molecule has 6 nitrogen and oxygen atoms in total. The van der Waals surface area contributed by atoms with Crippen LogP contribution in [0, 0.1) is 0 Å². The Bertz CT molecular complexity index is 494. The molecule has 0 bridgehead atoms. The van der Waals surface area contributed by atoms with Crippen molar-refractivity contribution in [2.75, 3.05) is 18.9 Å². The zero-order valence-corrected chi connectivity index (χ0v) is 11.1. The van der Waals surface area contributed by atoms with Gasteiger partial charge in [0.2, 0.25) is 0 Å². The summed E-state index contributed by atoms with van der Waals surface area (Å²) >= 11 is 0. The maximum atomic E-state index is 5.67. The van der Waals surface area contributed by atoms with Crippen LogP contribution in [0.25, 0.3) is 11.4 Å². The molecule has 2 N–H and O–H groups in total. The van der Waals surface area contributed by atoms with Gasteiger partial charge in [0.1, 0.15) is 0 Å². The van der Waals surface area contributed by atoms with Crippen LogP contribution in [0.4, 0.5) is 5.69 Å². The summed E-state index contributed by atoms with van der Waals surface area (Å²) in [5, 5.41) is 11.8. The zero-order valence-electron chi connectivity index (χ0n) is 11.1. The first-order valence-electron chi connectivity index (χ1n) is 6.51. The van der Waals surface area contributed by atoms with E-state index in [-0.39, 0.29) is 0 Å². The van der Waals surface area contributed by atoms with Gasteiger partial charge in [-0.1, -0.05) is 6.92 Å². The third-order valence-electron chi connectivity index (χ3n) is 2.71. The van der Waals surface area contributed by atoms with E-state index in [0.717, 1.165) is 49.7 Å². The quantitative estimate of drug-likeness (QED) is 0.606. The molecule has 1 aromatic heterocycles. The average molecular weight is 261 g/mol. The molecule has 0 atom stereocenters. The molecule has 0 fully saturated rings. The van der Waals surface area contributed by atoms with Crippen molar-refractivity contribution in [3.05, 3.63) is 24.3 Å². The van der Waals surface area contributed by atoms with E-state index < -0.39 is 0 Å². The van der Waals surface area contributed by atoms with E-state index in [4.69, 9.17) is 10.5 Å². The van der Waals surface area contributed by atoms with Crippen molar-refractivity contribution in [2.24, 2.45) is 0 Å². The number of nitrogens with two attached hydrogens (primary N) is 1. The standard InChI is InChI=1S/C13H19N5O/c1-2-9-19-10-3-8-18-13(15-16-17-18)11-4-6-12(14)7-5-11/h4-7H,2-3,8-10,14H2,1H3. The smallest absolute Gasteiger partial charge is 0.182 e. The first-order valence-corrected chi connectivity index (χ1v) is 6.51. The summed E-state index contributed by atoms with van der Waals surface area (Å²) in [6.07, 6.45) is 1.94. The SMILES string of the molecule is CCCOCCCn1nnnc1-c1ccc(N)cc1. The van der Waals surface area contributed by atoms with Crippen LogP contribution < -0.4 is 5.73 Å². The maximum absolute atomic E-state index is 5.67. The van der Waals surface area contributed by atoms with E-state index in [1.54, 1.807) is 4.68 Å². The monoisotopic (exact) mass is 261 g/mol. The van der Waals surface area contributed by atoms with Gasteiger partial charge in [-0.15, -0.1) is 5.10 Å². The number of anilines is 1. The van der Waals surface area contributed by atoms with Crippen LogP contribution in [-0.2, 0) is 11.3 Å². The third kappa shape index (κ3) is 3.75. The molecule has 0 saturated carbocycles. The minimum atomic E-state index is 0.731. The minimum Gasteiger partial charge on any atom is -0.399 e. The molecule has 2 rings (SSSR count). The van der Waals surface area contributed by atoms with Gasteiger partial charge in [-0.2, -0.15) is 0 Å². The van der Waals surface area contributed by atoms with Crippen LogP contribution in [0.2, 0.25) is 0 Å². The van der Waals surface area contributed by atoms with Crippen molar-refractivity contribution >= 4 is 5.69 Å². The van der Waals surface area contributed by atoms with Crippen LogP contribution in [0.15, 0.2) is 24.3 Å². The van der Waals surface area contributed by atoms with Crippen molar-refractivity contribution in [3.8, 4) is 11.4 Å². The van der Waals surface area contributed by atoms with E-state index in [1.807, 2.05) is 24.3 Å². The molecule has 1 heterocycles. The number of aryl methyl sites for hydroxylation is 1. The third-order valence-corrected chi connectivity index (χ3v) is 2.71. The number of ether oxygens (including phenoxy) is 1. The van der Waals surface area contributed by atoms with E-state index >= 15 is 0 Å². The number of tetrazole rings is 1. The van der Waals surface area contributed by atoms with Gasteiger partial charge in [0.25, 0.3) is 0 Å². The molecule has 102 valence electrons. The molecule has 0 spiro atoms. The molecule has 19 heavy (non-hydrogen) atoms. The maximum Gasteiger partial charge on any atom is 0.182 e. The lowest BCUT2D eigenvalue weighted by Crippen LogP contribution is -2.06. The van der Waals surface area contributed by atoms with Gasteiger partial charge < -0.3 is 10.5 Å². The van der Waals surface area contributed by atoms with Crippen molar-refractivity contribution < 1.29 is 4.74 Å². The fraction of sp³-hybridized carbons (Fsp3) is 0.462. The minimum absolute atomic E-state index is 0.731. The Kier molecular flexibility index (Phi) is 4.85. The molecular formula is C13H19N5O. The number of benzene rings is 1. The highest BCUT2D eigenvalue weighted by Crippen LogP contribution is 2.17. The molecule has 0 aliphatic heterocycles. The summed E-state index contributed by atoms with van der Waals surface area (Å²) in [4.78, 5) is 0. The van der Waals surface area contributed by atoms with Crippen LogP contribution in [0.3, 0.4) is 0 Å². The van der Waals surface area contributed by atoms with Crippen LogP contribution in [0.1, 0.15) is 19.8 Å². The molecule has 2 aromatic rings.